The highest BCUT2D eigenvalue weighted by atomic mass is 16.5. The second-order valence-electron chi connectivity index (χ2n) is 8.92. The third-order valence-electron chi connectivity index (χ3n) is 7.03. The van der Waals surface area contributed by atoms with Crippen LogP contribution in [-0.2, 0) is 16.6 Å². The molecule has 1 amide bonds. The Morgan fingerprint density at radius 2 is 2.03 bits per heavy atom. The summed E-state index contributed by atoms with van der Waals surface area (Å²) < 4.78 is 7.00. The number of benzene rings is 2. The smallest absolute Gasteiger partial charge is 0.246 e. The van der Waals surface area contributed by atoms with Gasteiger partial charge in [0.1, 0.15) is 6.61 Å². The number of carbonyl (C=O) groups is 1. The monoisotopic (exact) mass is 418 g/mol. The highest BCUT2D eigenvalue weighted by molar-refractivity contribution is 5.86. The fourth-order valence-electron chi connectivity index (χ4n) is 5.42. The average molecular weight is 419 g/mol. The number of piperidine rings is 3. The Balaban J connectivity index is 1.32. The lowest BCUT2D eigenvalue weighted by atomic mass is 9.74. The van der Waals surface area contributed by atoms with Gasteiger partial charge in [-0.05, 0) is 48.2 Å². The number of aromatic nitrogens is 2. The summed E-state index contributed by atoms with van der Waals surface area (Å²) in [5, 5.41) is 10.4. The molecule has 6 rings (SSSR count). The summed E-state index contributed by atoms with van der Waals surface area (Å²) in [5.41, 5.74) is 3.53. The Kier molecular flexibility index (Phi) is 5.50. The van der Waals surface area contributed by atoms with Gasteiger partial charge in [-0.1, -0.05) is 36.4 Å². The van der Waals surface area contributed by atoms with Gasteiger partial charge < -0.3 is 10.1 Å². The zero-order chi connectivity index (χ0) is 21.4. The molecule has 2 aromatic carbocycles. The van der Waals surface area contributed by atoms with E-state index in [1.807, 2.05) is 0 Å². The third-order valence-corrected chi connectivity index (χ3v) is 7.03. The molecule has 6 nitrogen and oxygen atoms in total. The number of aryl methyl sites for hydroxylation is 1. The lowest BCUT2D eigenvalue weighted by Crippen LogP contribution is -2.56. The molecule has 162 valence electrons. The second kappa shape index (κ2) is 8.44. The first-order valence-electron chi connectivity index (χ1n) is 11.1. The van der Waals surface area contributed by atoms with Crippen molar-refractivity contribution in [1.82, 2.24) is 20.0 Å². The molecule has 3 aromatic rings. The Hall–Kier alpha value is -2.70. The zero-order valence-electron chi connectivity index (χ0n) is 18.3. The zero-order valence-corrected chi connectivity index (χ0v) is 18.3. The number of ether oxygens (including phenoxy) is 1. The van der Waals surface area contributed by atoms with Gasteiger partial charge in [-0.25, -0.2) is 0 Å². The first-order chi connectivity index (χ1) is 15.1. The van der Waals surface area contributed by atoms with Crippen molar-refractivity contribution in [1.29, 1.82) is 0 Å². The van der Waals surface area contributed by atoms with E-state index in [1.54, 1.807) is 7.11 Å². The van der Waals surface area contributed by atoms with Crippen LogP contribution in [0.25, 0.3) is 22.0 Å². The van der Waals surface area contributed by atoms with Crippen molar-refractivity contribution in [2.45, 2.75) is 24.8 Å². The van der Waals surface area contributed by atoms with Gasteiger partial charge in [0, 0.05) is 50.5 Å². The molecule has 3 fully saturated rings. The van der Waals surface area contributed by atoms with Crippen LogP contribution in [0.15, 0.2) is 48.5 Å². The number of rotatable bonds is 6. The van der Waals surface area contributed by atoms with Crippen LogP contribution >= 0.6 is 0 Å². The number of nitrogens with one attached hydrogen (secondary N) is 1. The fraction of sp³-hybridized carbons (Fsp3) is 0.440. The van der Waals surface area contributed by atoms with Crippen molar-refractivity contribution in [3.63, 3.8) is 0 Å². The summed E-state index contributed by atoms with van der Waals surface area (Å²) >= 11 is 0. The maximum absolute atomic E-state index is 11.8. The van der Waals surface area contributed by atoms with E-state index in [-0.39, 0.29) is 12.5 Å². The van der Waals surface area contributed by atoms with E-state index in [2.05, 4.69) is 70.5 Å². The van der Waals surface area contributed by atoms with Crippen molar-refractivity contribution in [3.05, 3.63) is 54.2 Å². The van der Waals surface area contributed by atoms with Crippen LogP contribution in [0.3, 0.4) is 0 Å². The largest absolute Gasteiger partial charge is 0.375 e. The normalized spacial score (nSPS) is 25.1. The minimum atomic E-state index is -0.0339. The van der Waals surface area contributed by atoms with Crippen molar-refractivity contribution >= 4 is 16.7 Å². The molecular formula is C25H30N4O2. The Morgan fingerprint density at radius 3 is 2.81 bits per heavy atom. The Bertz CT molecular complexity index is 1090. The molecule has 1 aromatic heterocycles. The molecule has 6 heteroatoms. The minimum absolute atomic E-state index is 0.0339. The predicted octanol–water partition coefficient (Wildman–Crippen LogP) is 3.18. The number of fused-ring (bicyclic) bond motifs is 4. The molecular weight excluding hydrogens is 388 g/mol. The van der Waals surface area contributed by atoms with Crippen molar-refractivity contribution < 1.29 is 9.53 Å². The number of carbonyl (C=O) groups excluding carboxylic acids is 1. The van der Waals surface area contributed by atoms with Crippen LogP contribution in [0.5, 0.6) is 0 Å². The summed E-state index contributed by atoms with van der Waals surface area (Å²) in [4.78, 5) is 14.3. The van der Waals surface area contributed by atoms with Gasteiger partial charge in [0.25, 0.3) is 0 Å². The molecule has 0 radical (unpaired) electrons. The average Bonchev–Trinajstić information content (AvgIpc) is 3.19. The van der Waals surface area contributed by atoms with Gasteiger partial charge in [0.05, 0.1) is 5.69 Å². The first-order valence-corrected chi connectivity index (χ1v) is 11.1. The Labute approximate surface area is 183 Å². The number of methoxy groups -OCH3 is 1. The lowest BCUT2D eigenvalue weighted by Gasteiger charge is -2.50. The highest BCUT2D eigenvalue weighted by Crippen LogP contribution is 2.42. The van der Waals surface area contributed by atoms with Crippen LogP contribution in [-0.4, -0.2) is 60.0 Å². The van der Waals surface area contributed by atoms with E-state index in [9.17, 15) is 4.79 Å². The number of hydrogen-bond acceptors (Lipinski definition) is 4. The summed E-state index contributed by atoms with van der Waals surface area (Å²) in [6.45, 7) is 2.98. The number of hydrogen-bond donors (Lipinski definition) is 1. The molecule has 2 bridgehead atoms. The molecule has 31 heavy (non-hydrogen) atoms. The Morgan fingerprint density at radius 1 is 1.19 bits per heavy atom. The molecule has 0 spiro atoms. The molecule has 0 aliphatic carbocycles. The van der Waals surface area contributed by atoms with Gasteiger partial charge in [0.15, 0.2) is 0 Å². The van der Waals surface area contributed by atoms with E-state index < -0.39 is 0 Å². The SMILES string of the molecule is COCC(=O)NC[C@H]1C[C@@H]2CCN1C[C@@H]2c1cc(-c2ccc3ccccc3c2)nn1C. The van der Waals surface area contributed by atoms with Gasteiger partial charge in [0.2, 0.25) is 5.91 Å². The standard InChI is InChI=1S/C25H30N4O2/c1-28-24(13-23(27-28)20-8-7-17-5-3-4-6-18(17)11-20)22-15-29-10-9-19(22)12-21(29)14-26-25(30)16-31-2/h3-8,11,13,19,21-22H,9-10,12,14-16H2,1-2H3,(H,26,30)/t19-,21+,22-/m0/s1. The van der Waals surface area contributed by atoms with Crippen molar-refractivity contribution in [2.24, 2.45) is 13.0 Å². The van der Waals surface area contributed by atoms with Crippen LogP contribution in [0.2, 0.25) is 0 Å². The topological polar surface area (TPSA) is 59.4 Å². The van der Waals surface area contributed by atoms with Crippen LogP contribution < -0.4 is 5.32 Å². The lowest BCUT2D eigenvalue weighted by molar-refractivity contribution is -0.125. The van der Waals surface area contributed by atoms with E-state index in [4.69, 9.17) is 9.84 Å². The van der Waals surface area contributed by atoms with Crippen molar-refractivity contribution in [2.75, 3.05) is 33.4 Å². The van der Waals surface area contributed by atoms with E-state index in [1.165, 1.54) is 28.5 Å². The quantitative estimate of drug-likeness (QED) is 0.668. The summed E-state index contributed by atoms with van der Waals surface area (Å²) in [5.74, 6) is 1.09. The molecule has 3 aliphatic rings. The minimum Gasteiger partial charge on any atom is -0.375 e. The molecule has 0 saturated carbocycles. The van der Waals surface area contributed by atoms with Gasteiger partial charge in [-0.3, -0.25) is 14.4 Å². The molecule has 3 aliphatic heterocycles. The molecule has 3 saturated heterocycles. The molecule has 1 unspecified atom stereocenters. The predicted molar refractivity (Wildman–Crippen MR) is 122 cm³/mol. The van der Waals surface area contributed by atoms with E-state index >= 15 is 0 Å². The first kappa shape index (κ1) is 20.2. The van der Waals surface area contributed by atoms with E-state index in [0.29, 0.717) is 24.4 Å². The molecule has 1 N–H and O–H groups in total. The maximum Gasteiger partial charge on any atom is 0.246 e. The van der Waals surface area contributed by atoms with Gasteiger partial charge in [-0.2, -0.15) is 5.10 Å². The third kappa shape index (κ3) is 3.98. The van der Waals surface area contributed by atoms with Gasteiger partial charge >= 0.3 is 0 Å². The van der Waals surface area contributed by atoms with Crippen LogP contribution in [0, 0.1) is 5.92 Å². The van der Waals surface area contributed by atoms with Crippen molar-refractivity contribution in [3.8, 4) is 11.3 Å². The summed E-state index contributed by atoms with van der Waals surface area (Å²) in [6.07, 6.45) is 2.33. The summed E-state index contributed by atoms with van der Waals surface area (Å²) in [6, 6.07) is 17.7. The highest BCUT2D eigenvalue weighted by Gasteiger charge is 2.41. The fourth-order valence-corrected chi connectivity index (χ4v) is 5.42. The summed E-state index contributed by atoms with van der Waals surface area (Å²) in [7, 11) is 3.62. The van der Waals surface area contributed by atoms with Crippen LogP contribution in [0.1, 0.15) is 24.5 Å². The van der Waals surface area contributed by atoms with Gasteiger partial charge in [-0.15, -0.1) is 0 Å². The van der Waals surface area contributed by atoms with Crippen LogP contribution in [0.4, 0.5) is 0 Å². The second-order valence-corrected chi connectivity index (χ2v) is 8.92. The number of nitrogens with zero attached hydrogens (tertiary/aromatic N) is 3. The number of amides is 1. The maximum atomic E-state index is 11.8. The molecule has 4 atom stereocenters. The molecule has 4 heterocycles. The van der Waals surface area contributed by atoms with E-state index in [0.717, 1.165) is 25.2 Å².